The zero-order chi connectivity index (χ0) is 15.8. The molecule has 21 heavy (non-hydrogen) atoms. The third-order valence-corrected chi connectivity index (χ3v) is 2.88. The molecule has 0 bridgehead atoms. The van der Waals surface area contributed by atoms with Gasteiger partial charge in [0.2, 0.25) is 5.43 Å². The van der Waals surface area contributed by atoms with Crippen LogP contribution >= 0.6 is 0 Å². The quantitative estimate of drug-likeness (QED) is 0.865. The standard InChI is InChI=1S/C13H10F3NO4/c1-20-6-3-4-8-7(5-6)10(18)9(12(19)21-2)11(17-8)13(14,15)16/h3-5H,1-2H3,(H,17,18). The van der Waals surface area contributed by atoms with E-state index in [0.29, 0.717) is 0 Å². The van der Waals surface area contributed by atoms with Crippen molar-refractivity contribution < 1.29 is 27.4 Å². The zero-order valence-electron chi connectivity index (χ0n) is 11.0. The molecule has 0 atom stereocenters. The molecule has 2 aromatic rings. The van der Waals surface area contributed by atoms with E-state index in [1.54, 1.807) is 0 Å². The number of esters is 1. The van der Waals surface area contributed by atoms with Crippen LogP contribution in [0.2, 0.25) is 0 Å². The minimum absolute atomic E-state index is 0.0548. The van der Waals surface area contributed by atoms with Crippen molar-refractivity contribution in [3.8, 4) is 5.75 Å². The third-order valence-electron chi connectivity index (χ3n) is 2.88. The van der Waals surface area contributed by atoms with E-state index in [-0.39, 0.29) is 16.7 Å². The molecule has 0 radical (unpaired) electrons. The Kier molecular flexibility index (Phi) is 3.63. The van der Waals surface area contributed by atoms with Crippen molar-refractivity contribution in [1.82, 2.24) is 4.98 Å². The van der Waals surface area contributed by atoms with Crippen LogP contribution in [0.3, 0.4) is 0 Å². The maximum Gasteiger partial charge on any atom is 0.432 e. The zero-order valence-corrected chi connectivity index (χ0v) is 11.0. The molecule has 8 heteroatoms. The van der Waals surface area contributed by atoms with Gasteiger partial charge in [-0.1, -0.05) is 0 Å². The van der Waals surface area contributed by atoms with E-state index in [9.17, 15) is 22.8 Å². The van der Waals surface area contributed by atoms with Gasteiger partial charge in [-0.05, 0) is 18.2 Å². The molecule has 0 aliphatic carbocycles. The van der Waals surface area contributed by atoms with Crippen LogP contribution in [0.5, 0.6) is 5.75 Å². The monoisotopic (exact) mass is 301 g/mol. The lowest BCUT2D eigenvalue weighted by molar-refractivity contribution is -0.141. The van der Waals surface area contributed by atoms with Gasteiger partial charge in [0.05, 0.1) is 25.1 Å². The third kappa shape index (κ3) is 2.56. The lowest BCUT2D eigenvalue weighted by Crippen LogP contribution is -2.25. The van der Waals surface area contributed by atoms with E-state index in [0.717, 1.165) is 7.11 Å². The number of rotatable bonds is 2. The Morgan fingerprint density at radius 1 is 1.24 bits per heavy atom. The highest BCUT2D eigenvalue weighted by Crippen LogP contribution is 2.31. The number of fused-ring (bicyclic) bond motifs is 1. The van der Waals surface area contributed by atoms with Crippen LogP contribution in [0, 0.1) is 0 Å². The summed E-state index contributed by atoms with van der Waals surface area (Å²) in [5.41, 5.74) is -3.63. The van der Waals surface area contributed by atoms with Gasteiger partial charge >= 0.3 is 12.1 Å². The number of benzene rings is 1. The van der Waals surface area contributed by atoms with Gasteiger partial charge in [-0.2, -0.15) is 13.2 Å². The van der Waals surface area contributed by atoms with Gasteiger partial charge in [0.25, 0.3) is 0 Å². The molecule has 2 rings (SSSR count). The highest BCUT2D eigenvalue weighted by Gasteiger charge is 2.39. The minimum atomic E-state index is -4.89. The number of aromatic nitrogens is 1. The molecular formula is C13H10F3NO4. The summed E-state index contributed by atoms with van der Waals surface area (Å²) in [4.78, 5) is 25.8. The molecular weight excluding hydrogens is 291 g/mol. The van der Waals surface area contributed by atoms with E-state index in [4.69, 9.17) is 4.74 Å². The summed E-state index contributed by atoms with van der Waals surface area (Å²) in [6.07, 6.45) is -4.89. The molecule has 0 unspecified atom stereocenters. The van der Waals surface area contributed by atoms with Gasteiger partial charge in [-0.25, -0.2) is 4.79 Å². The number of nitrogens with one attached hydrogen (secondary N) is 1. The van der Waals surface area contributed by atoms with Gasteiger partial charge < -0.3 is 14.5 Å². The summed E-state index contributed by atoms with van der Waals surface area (Å²) < 4.78 is 48.2. The lowest BCUT2D eigenvalue weighted by Gasteiger charge is -2.13. The van der Waals surface area contributed by atoms with E-state index >= 15 is 0 Å². The first-order valence-corrected chi connectivity index (χ1v) is 5.69. The van der Waals surface area contributed by atoms with Crippen LogP contribution in [0.15, 0.2) is 23.0 Å². The van der Waals surface area contributed by atoms with Gasteiger partial charge in [0, 0.05) is 0 Å². The number of aromatic amines is 1. The molecule has 1 heterocycles. The molecule has 0 aliphatic heterocycles. The maximum absolute atomic E-state index is 13.0. The van der Waals surface area contributed by atoms with Gasteiger partial charge in [0.15, 0.2) is 0 Å². The number of H-pyrrole nitrogens is 1. The van der Waals surface area contributed by atoms with E-state index < -0.39 is 28.8 Å². The average Bonchev–Trinajstić information content (AvgIpc) is 2.45. The molecule has 112 valence electrons. The number of pyridine rings is 1. The van der Waals surface area contributed by atoms with Crippen LogP contribution in [0.1, 0.15) is 16.1 Å². The highest BCUT2D eigenvalue weighted by atomic mass is 19.4. The van der Waals surface area contributed by atoms with Crippen molar-refractivity contribution in [3.05, 3.63) is 39.7 Å². The number of ether oxygens (including phenoxy) is 2. The molecule has 0 saturated carbocycles. The fourth-order valence-corrected chi connectivity index (χ4v) is 1.90. The smallest absolute Gasteiger partial charge is 0.432 e. The second-order valence-electron chi connectivity index (χ2n) is 4.10. The Bertz CT molecular complexity index is 764. The Labute approximate surface area is 116 Å². The Hall–Kier alpha value is -2.51. The summed E-state index contributed by atoms with van der Waals surface area (Å²) in [5, 5.41) is -0.0947. The number of carbonyl (C=O) groups is 1. The Morgan fingerprint density at radius 2 is 1.90 bits per heavy atom. The summed E-state index contributed by atoms with van der Waals surface area (Å²) >= 11 is 0. The fourth-order valence-electron chi connectivity index (χ4n) is 1.90. The molecule has 5 nitrogen and oxygen atoms in total. The number of methoxy groups -OCH3 is 2. The largest absolute Gasteiger partial charge is 0.497 e. The number of alkyl halides is 3. The highest BCUT2D eigenvalue weighted by molar-refractivity contribution is 5.95. The number of hydrogen-bond donors (Lipinski definition) is 1. The molecule has 0 amide bonds. The predicted molar refractivity (Wildman–Crippen MR) is 67.5 cm³/mol. The minimum Gasteiger partial charge on any atom is -0.497 e. The SMILES string of the molecule is COC(=O)c1c(C(F)(F)F)[nH]c2ccc(OC)cc2c1=O. The van der Waals surface area contributed by atoms with Crippen molar-refractivity contribution in [3.63, 3.8) is 0 Å². The first kappa shape index (κ1) is 14.9. The van der Waals surface area contributed by atoms with Gasteiger partial charge in [-0.3, -0.25) is 4.79 Å². The van der Waals surface area contributed by atoms with Crippen molar-refractivity contribution in [2.24, 2.45) is 0 Å². The number of halogens is 3. The lowest BCUT2D eigenvalue weighted by atomic mass is 10.1. The molecule has 0 fully saturated rings. The van der Waals surface area contributed by atoms with Crippen LogP contribution in [-0.4, -0.2) is 25.2 Å². The molecule has 0 saturated heterocycles. The van der Waals surface area contributed by atoms with Crippen LogP contribution < -0.4 is 10.2 Å². The van der Waals surface area contributed by atoms with Crippen molar-refractivity contribution in [2.45, 2.75) is 6.18 Å². The second-order valence-corrected chi connectivity index (χ2v) is 4.10. The molecule has 0 spiro atoms. The van der Waals surface area contributed by atoms with Crippen molar-refractivity contribution in [1.29, 1.82) is 0 Å². The van der Waals surface area contributed by atoms with E-state index in [2.05, 4.69) is 9.72 Å². The van der Waals surface area contributed by atoms with Gasteiger partial charge in [0.1, 0.15) is 17.0 Å². The van der Waals surface area contributed by atoms with Crippen LogP contribution in [-0.2, 0) is 10.9 Å². The van der Waals surface area contributed by atoms with Crippen molar-refractivity contribution >= 4 is 16.9 Å². The molecule has 1 aromatic carbocycles. The first-order valence-electron chi connectivity index (χ1n) is 5.69. The second kappa shape index (κ2) is 5.12. The maximum atomic E-state index is 13.0. The molecule has 0 aliphatic rings. The predicted octanol–water partition coefficient (Wildman–Crippen LogP) is 2.34. The van der Waals surface area contributed by atoms with E-state index in [1.165, 1.54) is 25.3 Å². The Balaban J connectivity index is 2.91. The molecule has 1 N–H and O–H groups in total. The number of hydrogen-bond acceptors (Lipinski definition) is 4. The van der Waals surface area contributed by atoms with Gasteiger partial charge in [-0.15, -0.1) is 0 Å². The van der Waals surface area contributed by atoms with Crippen LogP contribution in [0.25, 0.3) is 10.9 Å². The topological polar surface area (TPSA) is 68.4 Å². The average molecular weight is 301 g/mol. The normalized spacial score (nSPS) is 11.5. The number of carbonyl (C=O) groups excluding carboxylic acids is 1. The summed E-state index contributed by atoms with van der Waals surface area (Å²) in [5.74, 6) is -1.07. The molecule has 1 aromatic heterocycles. The van der Waals surface area contributed by atoms with E-state index in [1.807, 2.05) is 0 Å². The Morgan fingerprint density at radius 3 is 2.43 bits per heavy atom. The van der Waals surface area contributed by atoms with Crippen molar-refractivity contribution in [2.75, 3.05) is 14.2 Å². The summed E-state index contributed by atoms with van der Waals surface area (Å²) in [6.45, 7) is 0. The van der Waals surface area contributed by atoms with Crippen LogP contribution in [0.4, 0.5) is 13.2 Å². The summed E-state index contributed by atoms with van der Waals surface area (Å²) in [6, 6.07) is 3.92. The fraction of sp³-hybridized carbons (Fsp3) is 0.231. The summed E-state index contributed by atoms with van der Waals surface area (Å²) in [7, 11) is 2.25. The first-order chi connectivity index (χ1) is 9.79.